The average Bonchev–Trinajstić information content (AvgIpc) is 1.75. The standard InChI is InChI=1S/C70H79N5O6S2/c1-8-15-18-21-23-26-35-72-63(52-29-28-37-82-52)61-62(70(72)81)64(73(69(61)80)36-27-24-22-19-16-9-2)53-33-32-51(83-53)45-38-46-56-48(68(79)75(66(46)77)42(13-6)14-7)40-50-59-58-49(71(50)34-25-20-17-10-3)39-47-55-44(31-30-43(57(55)58)54(45)60(56)59)65(76)74(67(47)78)41(11-4)12-5/h28-33,37-42H,8-27,34-36H2,1-7H3. The number of carbonyl (C=O) groups is 2. The first-order valence-electron chi connectivity index (χ1n) is 31.6. The number of fused-ring (bicyclic) bond motifs is 2. The molecule has 7 heterocycles. The number of amides is 2. The second kappa shape index (κ2) is 23.4. The van der Waals surface area contributed by atoms with Crippen molar-refractivity contribution in [2.75, 3.05) is 13.1 Å². The van der Waals surface area contributed by atoms with E-state index >= 15 is 24.0 Å². The molecule has 11 nitrogen and oxygen atoms in total. The van der Waals surface area contributed by atoms with Crippen LogP contribution in [0.2, 0.25) is 0 Å². The molecule has 10 aromatic rings. The molecule has 2 aliphatic heterocycles. The van der Waals surface area contributed by atoms with Gasteiger partial charge in [-0.15, -0.1) is 22.7 Å². The van der Waals surface area contributed by atoms with E-state index in [9.17, 15) is 4.79 Å². The van der Waals surface area contributed by atoms with E-state index < -0.39 is 0 Å². The highest BCUT2D eigenvalue weighted by atomic mass is 32.1. The number of hydrogen-bond acceptors (Lipinski definition) is 8. The molecule has 2 aliphatic rings. The summed E-state index contributed by atoms with van der Waals surface area (Å²) in [6.07, 6.45) is 19.3. The summed E-state index contributed by atoms with van der Waals surface area (Å²) < 4.78 is 5.31. The van der Waals surface area contributed by atoms with Crippen molar-refractivity contribution in [1.29, 1.82) is 0 Å². The van der Waals surface area contributed by atoms with Crippen molar-refractivity contribution in [2.45, 2.75) is 196 Å². The molecule has 0 atom stereocenters. The molecular formula is C70H79N5O6S2. The average molecular weight is 1150 g/mol. The molecule has 0 saturated carbocycles. The number of rotatable bonds is 28. The Bertz CT molecular complexity index is 4390. The molecule has 0 aliphatic carbocycles. The third-order valence-electron chi connectivity index (χ3n) is 18.9. The Morgan fingerprint density at radius 2 is 0.843 bits per heavy atom. The van der Waals surface area contributed by atoms with Gasteiger partial charge < -0.3 is 14.4 Å². The zero-order valence-electron chi connectivity index (χ0n) is 49.7. The summed E-state index contributed by atoms with van der Waals surface area (Å²) in [6, 6.07) is 17.5. The summed E-state index contributed by atoms with van der Waals surface area (Å²) in [7, 11) is 0. The maximum atomic E-state index is 15.5. The zero-order chi connectivity index (χ0) is 58.0. The van der Waals surface area contributed by atoms with Crippen molar-refractivity contribution < 1.29 is 9.59 Å². The molecule has 83 heavy (non-hydrogen) atoms. The van der Waals surface area contributed by atoms with E-state index in [1.54, 1.807) is 11.3 Å². The summed E-state index contributed by atoms with van der Waals surface area (Å²) in [4.78, 5) is 98.1. The fourth-order valence-electron chi connectivity index (χ4n) is 14.7. The van der Waals surface area contributed by atoms with Gasteiger partial charge in [-0.2, -0.15) is 0 Å². The molecule has 13 heteroatoms. The van der Waals surface area contributed by atoms with E-state index in [-0.39, 0.29) is 46.1 Å². The Balaban J connectivity index is 1.15. The third-order valence-corrected chi connectivity index (χ3v) is 20.9. The van der Waals surface area contributed by atoms with E-state index in [1.807, 2.05) is 85.3 Å². The molecule has 0 N–H and O–H groups in total. The minimum absolute atomic E-state index is 0.135. The van der Waals surface area contributed by atoms with Gasteiger partial charge in [-0.25, -0.2) is 0 Å². The summed E-state index contributed by atoms with van der Waals surface area (Å²) in [5.74, 6) is -0.270. The predicted octanol–water partition coefficient (Wildman–Crippen LogP) is 17.0. The molecular weight excluding hydrogens is 1070 g/mol. The highest BCUT2D eigenvalue weighted by molar-refractivity contribution is 7.16. The van der Waals surface area contributed by atoms with Crippen LogP contribution in [0.25, 0.3) is 97.5 Å². The molecule has 0 spiro atoms. The molecule has 0 bridgehead atoms. The van der Waals surface area contributed by atoms with Crippen molar-refractivity contribution in [2.24, 2.45) is 0 Å². The van der Waals surface area contributed by atoms with Crippen LogP contribution in [0.4, 0.5) is 0 Å². The maximum absolute atomic E-state index is 15.5. The highest BCUT2D eigenvalue weighted by Crippen LogP contribution is 2.54. The number of nitrogens with zero attached hydrogens (tertiary/aromatic N) is 5. The van der Waals surface area contributed by atoms with Crippen LogP contribution < -0.4 is 22.2 Å². The van der Waals surface area contributed by atoms with Gasteiger partial charge in [0.05, 0.1) is 54.1 Å². The van der Waals surface area contributed by atoms with Crippen molar-refractivity contribution >= 4 is 122 Å². The van der Waals surface area contributed by atoms with Crippen molar-refractivity contribution in [3.05, 3.63) is 122 Å². The van der Waals surface area contributed by atoms with Gasteiger partial charge >= 0.3 is 0 Å². The second-order valence-electron chi connectivity index (χ2n) is 23.8. The van der Waals surface area contributed by atoms with Gasteiger partial charge in [0.15, 0.2) is 0 Å². The number of carbonyl (C=O) groups excluding carboxylic acids is 2. The number of unbranched alkanes of at least 4 members (excludes halogenated alkanes) is 13. The van der Waals surface area contributed by atoms with E-state index in [2.05, 4.69) is 37.5 Å². The monoisotopic (exact) mass is 1150 g/mol. The molecule has 5 aromatic carbocycles. The molecule has 0 radical (unpaired) electrons. The van der Waals surface area contributed by atoms with Gasteiger partial charge in [-0.1, -0.05) is 144 Å². The number of thiophene rings is 2. The molecule has 12 rings (SSSR count). The van der Waals surface area contributed by atoms with Gasteiger partial charge in [-0.3, -0.25) is 37.9 Å². The van der Waals surface area contributed by atoms with Gasteiger partial charge in [0, 0.05) is 85.2 Å². The molecule has 2 amide bonds. The second-order valence-corrected chi connectivity index (χ2v) is 25.8. The lowest BCUT2D eigenvalue weighted by atomic mass is 9.84. The lowest BCUT2D eigenvalue weighted by Crippen LogP contribution is -2.36. The Morgan fingerprint density at radius 3 is 1.37 bits per heavy atom. The van der Waals surface area contributed by atoms with Crippen LogP contribution in [-0.2, 0) is 16.1 Å². The van der Waals surface area contributed by atoms with Crippen LogP contribution in [0.3, 0.4) is 0 Å². The normalized spacial score (nSPS) is 14.4. The van der Waals surface area contributed by atoms with Crippen LogP contribution in [0, 0.1) is 0 Å². The highest BCUT2D eigenvalue weighted by Gasteiger charge is 2.49. The first-order chi connectivity index (χ1) is 40.5. The van der Waals surface area contributed by atoms with Gasteiger partial charge in [0.1, 0.15) is 0 Å². The lowest BCUT2D eigenvalue weighted by Gasteiger charge is -2.24. The molecule has 0 fully saturated rings. The first-order valence-corrected chi connectivity index (χ1v) is 33.3. The Kier molecular flexibility index (Phi) is 16.0. The van der Waals surface area contributed by atoms with Crippen LogP contribution >= 0.6 is 22.7 Å². The van der Waals surface area contributed by atoms with E-state index in [4.69, 9.17) is 0 Å². The fraction of sp³-hybridized carbons (Fsp3) is 0.457. The van der Waals surface area contributed by atoms with Crippen molar-refractivity contribution in [3.63, 3.8) is 0 Å². The predicted molar refractivity (Wildman–Crippen MR) is 348 cm³/mol. The van der Waals surface area contributed by atoms with Gasteiger partial charge in [0.25, 0.3) is 34.1 Å². The van der Waals surface area contributed by atoms with Crippen LogP contribution in [0.1, 0.15) is 199 Å². The SMILES string of the molecule is CCCCCCCCN1C(=O)C2=C(c3ccc(-c4cc5c(=O)n(C(CC)CC)c(=O)c6cc7c8c(c4c4ccc9c(=O)n(C(CC)CC)c(=O)c%10cc(c8c4c9%10)n7CCCCCC)c56)s3)N(CCCCCCCC)C(=O)C2=C1c1cccs1. The number of hydrogen-bond donors (Lipinski definition) is 0. The third kappa shape index (κ3) is 8.98. The molecule has 432 valence electrons. The van der Waals surface area contributed by atoms with E-state index in [1.165, 1.54) is 33.3 Å². The lowest BCUT2D eigenvalue weighted by molar-refractivity contribution is -0.124. The molecule has 0 unspecified atom stereocenters. The molecule has 5 aromatic heterocycles. The fourth-order valence-corrected chi connectivity index (χ4v) is 16.5. The topological polar surface area (TPSA) is 124 Å². The van der Waals surface area contributed by atoms with Crippen LogP contribution in [0.15, 0.2) is 90.3 Å². The van der Waals surface area contributed by atoms with Crippen molar-refractivity contribution in [1.82, 2.24) is 23.5 Å². The van der Waals surface area contributed by atoms with E-state index in [0.29, 0.717) is 100 Å². The van der Waals surface area contributed by atoms with Gasteiger partial charge in [0.2, 0.25) is 0 Å². The number of aryl methyl sites for hydroxylation is 1. The zero-order valence-corrected chi connectivity index (χ0v) is 51.3. The number of benzene rings is 5. The summed E-state index contributed by atoms with van der Waals surface area (Å²) in [5.41, 5.74) is 3.66. The Morgan fingerprint density at radius 1 is 0.398 bits per heavy atom. The van der Waals surface area contributed by atoms with Crippen molar-refractivity contribution in [3.8, 4) is 10.4 Å². The van der Waals surface area contributed by atoms with E-state index in [0.717, 1.165) is 153 Å². The minimum atomic E-state index is -0.321. The van der Waals surface area contributed by atoms with Crippen LogP contribution in [-0.4, -0.2) is 48.4 Å². The number of pyridine rings is 2. The summed E-state index contributed by atoms with van der Waals surface area (Å²) >= 11 is 3.08. The Hall–Kier alpha value is -6.70. The maximum Gasteiger partial charge on any atom is 0.261 e. The minimum Gasteiger partial charge on any atom is -0.340 e. The quantitative estimate of drug-likeness (QED) is 0.0273. The summed E-state index contributed by atoms with van der Waals surface area (Å²) in [6.45, 7) is 16.4. The molecule has 0 saturated heterocycles. The number of aromatic nitrogens is 3. The van der Waals surface area contributed by atoms with Gasteiger partial charge in [-0.05, 0) is 104 Å². The van der Waals surface area contributed by atoms with Crippen LogP contribution in [0.5, 0.6) is 0 Å². The largest absolute Gasteiger partial charge is 0.340 e. The summed E-state index contributed by atoms with van der Waals surface area (Å²) in [5, 5.41) is 10.5. The first kappa shape index (κ1) is 56.8. The smallest absolute Gasteiger partial charge is 0.261 e. The Labute approximate surface area is 493 Å².